The van der Waals surface area contributed by atoms with E-state index in [0.717, 1.165) is 5.01 Å². The summed E-state index contributed by atoms with van der Waals surface area (Å²) in [6.45, 7) is 5.54. The number of thioether (sulfide) groups is 1. The van der Waals surface area contributed by atoms with Gasteiger partial charge in [0.25, 0.3) is 0 Å². The van der Waals surface area contributed by atoms with E-state index in [1.807, 2.05) is 13.8 Å². The molecular weight excluding hydrogens is 286 g/mol. The number of aliphatic carboxylic acids is 1. The van der Waals surface area contributed by atoms with Gasteiger partial charge in [-0.05, 0) is 12.8 Å². The molecule has 0 radical (unpaired) electrons. The van der Waals surface area contributed by atoms with Gasteiger partial charge in [-0.15, -0.1) is 10.2 Å². The van der Waals surface area contributed by atoms with Crippen LogP contribution in [0.5, 0.6) is 0 Å². The smallest absolute Gasteiger partial charge is 0.326 e. The minimum absolute atomic E-state index is 0.102. The molecule has 0 aliphatic heterocycles. The van der Waals surface area contributed by atoms with Crippen molar-refractivity contribution >= 4 is 35.0 Å². The predicted molar refractivity (Wildman–Crippen MR) is 74.4 cm³/mol. The minimum atomic E-state index is -1.00. The van der Waals surface area contributed by atoms with Crippen LogP contribution in [-0.2, 0) is 9.59 Å². The third kappa shape index (κ3) is 5.15. The van der Waals surface area contributed by atoms with Crippen LogP contribution in [0.1, 0.15) is 25.3 Å². The molecule has 0 aromatic carbocycles. The first-order chi connectivity index (χ1) is 8.93. The van der Waals surface area contributed by atoms with Crippen LogP contribution in [0, 0.1) is 12.8 Å². The van der Waals surface area contributed by atoms with E-state index >= 15 is 0 Å². The number of amides is 1. The summed E-state index contributed by atoms with van der Waals surface area (Å²) in [5.74, 6) is -1.25. The normalized spacial score (nSPS) is 13.8. The van der Waals surface area contributed by atoms with Gasteiger partial charge in [0.05, 0.1) is 5.75 Å². The Morgan fingerprint density at radius 1 is 1.47 bits per heavy atom. The molecule has 1 aromatic rings. The van der Waals surface area contributed by atoms with E-state index < -0.39 is 12.0 Å². The molecule has 1 rings (SSSR count). The molecule has 1 aromatic heterocycles. The molecule has 0 bridgehead atoms. The van der Waals surface area contributed by atoms with Gasteiger partial charge in [0.2, 0.25) is 5.91 Å². The molecule has 0 saturated carbocycles. The van der Waals surface area contributed by atoms with Crippen LogP contribution in [0.25, 0.3) is 0 Å². The SMILES string of the molecule is CC[C@H](C)[C@H](NC(=O)CSc1nnc(C)s1)C(=O)O. The number of carbonyl (C=O) groups excluding carboxylic acids is 1. The average molecular weight is 303 g/mol. The standard InChI is InChI=1S/C11H17N3O3S2/c1-4-6(2)9(10(16)17)12-8(15)5-18-11-14-13-7(3)19-11/h6,9H,4-5H2,1-3H3,(H,12,15)(H,16,17)/t6-,9-/m0/s1. The molecular formula is C11H17N3O3S2. The van der Waals surface area contributed by atoms with E-state index in [4.69, 9.17) is 5.11 Å². The number of hydrogen-bond acceptors (Lipinski definition) is 6. The van der Waals surface area contributed by atoms with Gasteiger partial charge in [0.1, 0.15) is 11.0 Å². The van der Waals surface area contributed by atoms with E-state index in [9.17, 15) is 9.59 Å². The number of nitrogens with one attached hydrogen (secondary N) is 1. The Morgan fingerprint density at radius 3 is 2.63 bits per heavy atom. The maximum atomic E-state index is 11.7. The number of carboxylic acids is 1. The first-order valence-electron chi connectivity index (χ1n) is 5.89. The first kappa shape index (κ1) is 15.9. The summed E-state index contributed by atoms with van der Waals surface area (Å²) in [7, 11) is 0. The van der Waals surface area contributed by atoms with Crippen LogP contribution in [-0.4, -0.2) is 39.0 Å². The Balaban J connectivity index is 2.46. The fourth-order valence-electron chi connectivity index (χ4n) is 1.36. The van der Waals surface area contributed by atoms with Gasteiger partial charge in [0, 0.05) is 0 Å². The largest absolute Gasteiger partial charge is 0.480 e. The average Bonchev–Trinajstić information content (AvgIpc) is 2.78. The molecule has 0 fully saturated rings. The van der Waals surface area contributed by atoms with Gasteiger partial charge < -0.3 is 10.4 Å². The van der Waals surface area contributed by atoms with Crippen LogP contribution in [0.4, 0.5) is 0 Å². The molecule has 0 spiro atoms. The molecule has 6 nitrogen and oxygen atoms in total. The van der Waals surface area contributed by atoms with Gasteiger partial charge in [-0.3, -0.25) is 4.79 Å². The van der Waals surface area contributed by atoms with Crippen molar-refractivity contribution in [1.29, 1.82) is 0 Å². The van der Waals surface area contributed by atoms with Gasteiger partial charge >= 0.3 is 5.97 Å². The van der Waals surface area contributed by atoms with E-state index in [1.165, 1.54) is 23.1 Å². The Morgan fingerprint density at radius 2 is 2.16 bits per heavy atom. The fraction of sp³-hybridized carbons (Fsp3) is 0.636. The number of carboxylic acid groups (broad SMARTS) is 1. The van der Waals surface area contributed by atoms with Gasteiger partial charge in [-0.2, -0.15) is 0 Å². The van der Waals surface area contributed by atoms with Crippen LogP contribution < -0.4 is 5.32 Å². The molecule has 0 aliphatic rings. The second-order valence-electron chi connectivity index (χ2n) is 4.14. The van der Waals surface area contributed by atoms with Crippen molar-refractivity contribution in [3.8, 4) is 0 Å². The molecule has 8 heteroatoms. The number of rotatable bonds is 7. The van der Waals surface area contributed by atoms with Gasteiger partial charge in [-0.1, -0.05) is 43.4 Å². The molecule has 106 valence electrons. The summed E-state index contributed by atoms with van der Waals surface area (Å²) < 4.78 is 0.711. The van der Waals surface area contributed by atoms with Crippen LogP contribution >= 0.6 is 23.1 Å². The highest BCUT2D eigenvalue weighted by atomic mass is 32.2. The van der Waals surface area contributed by atoms with Crippen LogP contribution in [0.3, 0.4) is 0 Å². The zero-order valence-corrected chi connectivity index (χ0v) is 12.7. The van der Waals surface area contributed by atoms with Crippen molar-refractivity contribution in [2.24, 2.45) is 5.92 Å². The van der Waals surface area contributed by atoms with Crippen molar-refractivity contribution in [2.45, 2.75) is 37.6 Å². The van der Waals surface area contributed by atoms with Crippen LogP contribution in [0.2, 0.25) is 0 Å². The fourth-order valence-corrected chi connectivity index (χ4v) is 2.99. The van der Waals surface area contributed by atoms with Crippen molar-refractivity contribution < 1.29 is 14.7 Å². The Kier molecular flexibility index (Phi) is 6.23. The van der Waals surface area contributed by atoms with E-state index in [-0.39, 0.29) is 17.6 Å². The van der Waals surface area contributed by atoms with Crippen LogP contribution in [0.15, 0.2) is 4.34 Å². The second kappa shape index (κ2) is 7.44. The molecule has 2 atom stereocenters. The molecule has 1 amide bonds. The van der Waals surface area contributed by atoms with Crippen molar-refractivity contribution in [3.05, 3.63) is 5.01 Å². The topological polar surface area (TPSA) is 92.2 Å². The highest BCUT2D eigenvalue weighted by molar-refractivity contribution is 8.01. The second-order valence-corrected chi connectivity index (χ2v) is 6.55. The summed E-state index contributed by atoms with van der Waals surface area (Å²) in [5, 5.41) is 20.2. The quantitative estimate of drug-likeness (QED) is 0.743. The predicted octanol–water partition coefficient (Wildman–Crippen LogP) is 1.55. The van der Waals surface area contributed by atoms with Crippen molar-refractivity contribution in [1.82, 2.24) is 15.5 Å². The zero-order chi connectivity index (χ0) is 14.4. The number of aromatic nitrogens is 2. The first-order valence-corrected chi connectivity index (χ1v) is 7.69. The van der Waals surface area contributed by atoms with Gasteiger partial charge in [-0.25, -0.2) is 4.79 Å². The summed E-state index contributed by atoms with van der Waals surface area (Å²) in [6.07, 6.45) is 0.694. The lowest BCUT2D eigenvalue weighted by molar-refractivity contribution is -0.143. The highest BCUT2D eigenvalue weighted by Crippen LogP contribution is 2.21. The lowest BCUT2D eigenvalue weighted by Gasteiger charge is -2.19. The summed E-state index contributed by atoms with van der Waals surface area (Å²) in [4.78, 5) is 22.8. The summed E-state index contributed by atoms with van der Waals surface area (Å²) in [5.41, 5.74) is 0. The lowest BCUT2D eigenvalue weighted by atomic mass is 9.99. The molecule has 0 saturated heterocycles. The molecule has 1 heterocycles. The van der Waals surface area contributed by atoms with E-state index in [0.29, 0.717) is 10.8 Å². The number of carbonyl (C=O) groups is 2. The number of nitrogens with zero attached hydrogens (tertiary/aromatic N) is 2. The molecule has 19 heavy (non-hydrogen) atoms. The number of hydrogen-bond donors (Lipinski definition) is 2. The monoisotopic (exact) mass is 303 g/mol. The van der Waals surface area contributed by atoms with E-state index in [2.05, 4.69) is 15.5 Å². The maximum absolute atomic E-state index is 11.7. The summed E-state index contributed by atoms with van der Waals surface area (Å²) >= 11 is 2.67. The Hall–Kier alpha value is -1.15. The van der Waals surface area contributed by atoms with Crippen molar-refractivity contribution in [3.63, 3.8) is 0 Å². The lowest BCUT2D eigenvalue weighted by Crippen LogP contribution is -2.45. The highest BCUT2D eigenvalue weighted by Gasteiger charge is 2.25. The Bertz CT molecular complexity index is 450. The molecule has 0 unspecified atom stereocenters. The minimum Gasteiger partial charge on any atom is -0.480 e. The third-order valence-electron chi connectivity index (χ3n) is 2.63. The molecule has 2 N–H and O–H groups in total. The van der Waals surface area contributed by atoms with Crippen molar-refractivity contribution in [2.75, 3.05) is 5.75 Å². The zero-order valence-electron chi connectivity index (χ0n) is 11.0. The Labute approximate surface area is 120 Å². The van der Waals surface area contributed by atoms with E-state index in [1.54, 1.807) is 6.92 Å². The van der Waals surface area contributed by atoms with Gasteiger partial charge in [0.15, 0.2) is 4.34 Å². The summed E-state index contributed by atoms with van der Waals surface area (Å²) in [6, 6.07) is -0.839. The maximum Gasteiger partial charge on any atom is 0.326 e. The number of aryl methyl sites for hydroxylation is 1. The third-order valence-corrected chi connectivity index (χ3v) is 4.60. The molecule has 0 aliphatic carbocycles.